The lowest BCUT2D eigenvalue weighted by Gasteiger charge is -2.30. The molecule has 1 N–H and O–H groups in total. The molecule has 1 saturated heterocycles. The normalized spacial score (nSPS) is 14.0. The SMILES string of the molecule is O=C(/C=C/c1cn(-c2ccccc2)nc1-c1cccc(Cl)c1)N1CCN(c2cccc[nH+]2)CC1. The molecule has 5 rings (SSSR count). The predicted octanol–water partition coefficient (Wildman–Crippen LogP) is 4.37. The van der Waals surface area contributed by atoms with Gasteiger partial charge in [-0.15, -0.1) is 0 Å². The Hall–Kier alpha value is -3.90. The molecule has 0 aliphatic carbocycles. The zero-order valence-corrected chi connectivity index (χ0v) is 19.4. The van der Waals surface area contributed by atoms with E-state index in [4.69, 9.17) is 16.7 Å². The van der Waals surface area contributed by atoms with Crippen LogP contribution in [0, 0.1) is 0 Å². The summed E-state index contributed by atoms with van der Waals surface area (Å²) in [7, 11) is 0. The molecule has 1 aliphatic heterocycles. The fraction of sp³-hybridized carbons (Fsp3) is 0.148. The molecule has 6 nitrogen and oxygen atoms in total. The molecule has 0 radical (unpaired) electrons. The van der Waals surface area contributed by atoms with Gasteiger partial charge in [-0.3, -0.25) is 9.69 Å². The number of halogens is 1. The Labute approximate surface area is 203 Å². The number of hydrogen-bond donors (Lipinski definition) is 0. The van der Waals surface area contributed by atoms with E-state index < -0.39 is 0 Å². The number of anilines is 1. The molecule has 1 fully saturated rings. The summed E-state index contributed by atoms with van der Waals surface area (Å²) in [6.45, 7) is 2.94. The number of amides is 1. The Kier molecular flexibility index (Phi) is 6.40. The van der Waals surface area contributed by atoms with Crippen molar-refractivity contribution in [2.75, 3.05) is 31.1 Å². The minimum atomic E-state index is 0.00111. The molecule has 0 bridgehead atoms. The van der Waals surface area contributed by atoms with E-state index in [1.165, 1.54) is 0 Å². The monoisotopic (exact) mass is 470 g/mol. The number of rotatable bonds is 5. The van der Waals surface area contributed by atoms with Crippen LogP contribution in [0.3, 0.4) is 0 Å². The topological polar surface area (TPSA) is 55.5 Å². The summed E-state index contributed by atoms with van der Waals surface area (Å²) >= 11 is 6.24. The average Bonchev–Trinajstić information content (AvgIpc) is 3.33. The highest BCUT2D eigenvalue weighted by atomic mass is 35.5. The van der Waals surface area contributed by atoms with E-state index in [1.54, 1.807) is 6.08 Å². The number of pyridine rings is 1. The van der Waals surface area contributed by atoms with Gasteiger partial charge in [0.25, 0.3) is 5.82 Å². The van der Waals surface area contributed by atoms with Gasteiger partial charge in [-0.05, 0) is 36.4 Å². The number of piperazine rings is 1. The highest BCUT2D eigenvalue weighted by molar-refractivity contribution is 6.30. The molecule has 1 amide bonds. The maximum absolute atomic E-state index is 13.0. The van der Waals surface area contributed by atoms with Crippen molar-refractivity contribution in [1.82, 2.24) is 14.7 Å². The summed E-state index contributed by atoms with van der Waals surface area (Å²) in [6, 6.07) is 23.6. The summed E-state index contributed by atoms with van der Waals surface area (Å²) in [6.07, 6.45) is 7.36. The number of para-hydroxylation sites is 1. The molecule has 0 atom stereocenters. The van der Waals surface area contributed by atoms with Crippen molar-refractivity contribution in [3.63, 3.8) is 0 Å². The number of aromatic nitrogens is 3. The standard InChI is InChI=1S/C27H24ClN5O/c28-23-8-6-7-21(19-23)27-22(20-33(30-27)24-9-2-1-3-10-24)12-13-26(34)32-17-15-31(16-18-32)25-11-4-5-14-29-25/h1-14,19-20H,15-18H2/p+1/b13-12+. The summed E-state index contributed by atoms with van der Waals surface area (Å²) in [5, 5.41) is 5.44. The molecular weight excluding hydrogens is 446 g/mol. The van der Waals surface area contributed by atoms with Gasteiger partial charge in [0.15, 0.2) is 0 Å². The summed E-state index contributed by atoms with van der Waals surface area (Å²) in [5.74, 6) is 1.07. The van der Waals surface area contributed by atoms with Crippen LogP contribution in [0.25, 0.3) is 23.0 Å². The van der Waals surface area contributed by atoms with Crippen LogP contribution >= 0.6 is 11.6 Å². The lowest BCUT2D eigenvalue weighted by Crippen LogP contribution is -2.49. The number of carbonyl (C=O) groups is 1. The predicted molar refractivity (Wildman–Crippen MR) is 135 cm³/mol. The highest BCUT2D eigenvalue weighted by Gasteiger charge is 2.25. The van der Waals surface area contributed by atoms with Crippen molar-refractivity contribution in [2.45, 2.75) is 0 Å². The first kappa shape index (κ1) is 21.9. The smallest absolute Gasteiger partial charge is 0.274 e. The van der Waals surface area contributed by atoms with Crippen LogP contribution in [-0.2, 0) is 4.79 Å². The van der Waals surface area contributed by atoms with Gasteiger partial charge in [-0.2, -0.15) is 5.10 Å². The van der Waals surface area contributed by atoms with Gasteiger partial charge in [-0.1, -0.05) is 48.0 Å². The number of hydrogen-bond acceptors (Lipinski definition) is 3. The van der Waals surface area contributed by atoms with Crippen LogP contribution < -0.4 is 9.88 Å². The Morgan fingerprint density at radius 3 is 2.47 bits per heavy atom. The van der Waals surface area contributed by atoms with E-state index in [9.17, 15) is 4.79 Å². The Balaban J connectivity index is 1.35. The van der Waals surface area contributed by atoms with Gasteiger partial charge >= 0.3 is 0 Å². The van der Waals surface area contributed by atoms with Gasteiger partial charge in [0, 0.05) is 34.5 Å². The number of carbonyl (C=O) groups excluding carboxylic acids is 1. The minimum Gasteiger partial charge on any atom is -0.331 e. The first-order valence-corrected chi connectivity index (χ1v) is 11.6. The molecule has 34 heavy (non-hydrogen) atoms. The molecule has 0 saturated carbocycles. The lowest BCUT2D eigenvalue weighted by atomic mass is 10.1. The molecule has 0 unspecified atom stereocenters. The number of benzene rings is 2. The van der Waals surface area contributed by atoms with E-state index in [1.807, 2.05) is 94.8 Å². The molecule has 4 aromatic rings. The van der Waals surface area contributed by atoms with Gasteiger partial charge in [0.05, 0.1) is 25.0 Å². The Morgan fingerprint density at radius 1 is 0.941 bits per heavy atom. The van der Waals surface area contributed by atoms with Gasteiger partial charge in [0.1, 0.15) is 18.8 Å². The number of nitrogens with one attached hydrogen (secondary N) is 1. The van der Waals surface area contributed by atoms with Crippen LogP contribution in [-0.4, -0.2) is 46.8 Å². The molecule has 1 aliphatic rings. The number of H-pyrrole nitrogens is 1. The van der Waals surface area contributed by atoms with Crippen molar-refractivity contribution in [2.24, 2.45) is 0 Å². The maximum atomic E-state index is 13.0. The highest BCUT2D eigenvalue weighted by Crippen LogP contribution is 2.27. The fourth-order valence-corrected chi connectivity index (χ4v) is 4.29. The van der Waals surface area contributed by atoms with Gasteiger partial charge in [-0.25, -0.2) is 9.67 Å². The summed E-state index contributed by atoms with van der Waals surface area (Å²) in [5.41, 5.74) is 3.49. The van der Waals surface area contributed by atoms with Crippen LogP contribution in [0.1, 0.15) is 5.56 Å². The van der Waals surface area contributed by atoms with Gasteiger partial charge < -0.3 is 4.90 Å². The van der Waals surface area contributed by atoms with E-state index in [2.05, 4.69) is 16.0 Å². The molecule has 0 spiro atoms. The second kappa shape index (κ2) is 9.93. The fourth-order valence-electron chi connectivity index (χ4n) is 4.10. The van der Waals surface area contributed by atoms with Crippen molar-refractivity contribution in [3.05, 3.63) is 102 Å². The molecule has 3 heterocycles. The second-order valence-corrected chi connectivity index (χ2v) is 8.55. The van der Waals surface area contributed by atoms with Gasteiger partial charge in [0.2, 0.25) is 5.91 Å². The molecular formula is C27H25ClN5O+. The minimum absolute atomic E-state index is 0.00111. The molecule has 170 valence electrons. The quantitative estimate of drug-likeness (QED) is 0.407. The Bertz CT molecular complexity index is 1300. The van der Waals surface area contributed by atoms with Crippen LogP contribution in [0.2, 0.25) is 5.02 Å². The summed E-state index contributed by atoms with van der Waals surface area (Å²) in [4.78, 5) is 20.4. The third-order valence-electron chi connectivity index (χ3n) is 5.89. The number of aromatic amines is 1. The number of nitrogens with zero attached hydrogens (tertiary/aromatic N) is 4. The van der Waals surface area contributed by atoms with Crippen molar-refractivity contribution >= 4 is 29.4 Å². The largest absolute Gasteiger partial charge is 0.331 e. The molecule has 7 heteroatoms. The third-order valence-corrected chi connectivity index (χ3v) is 6.13. The zero-order valence-electron chi connectivity index (χ0n) is 18.6. The molecule has 2 aromatic carbocycles. The van der Waals surface area contributed by atoms with Crippen molar-refractivity contribution in [3.8, 4) is 16.9 Å². The lowest BCUT2D eigenvalue weighted by molar-refractivity contribution is -0.364. The first-order chi connectivity index (χ1) is 16.7. The first-order valence-electron chi connectivity index (χ1n) is 11.3. The van der Waals surface area contributed by atoms with Crippen LogP contribution in [0.5, 0.6) is 0 Å². The van der Waals surface area contributed by atoms with E-state index in [0.29, 0.717) is 18.1 Å². The van der Waals surface area contributed by atoms with Crippen LogP contribution in [0.4, 0.5) is 5.82 Å². The zero-order chi connectivity index (χ0) is 23.3. The van der Waals surface area contributed by atoms with Crippen LogP contribution in [0.15, 0.2) is 91.3 Å². The van der Waals surface area contributed by atoms with Crippen molar-refractivity contribution < 1.29 is 9.78 Å². The maximum Gasteiger partial charge on any atom is 0.274 e. The molecule has 2 aromatic heterocycles. The van der Waals surface area contributed by atoms with Crippen molar-refractivity contribution in [1.29, 1.82) is 0 Å². The van der Waals surface area contributed by atoms with E-state index in [0.717, 1.165) is 41.4 Å². The average molecular weight is 471 g/mol. The third kappa shape index (κ3) is 4.87. The van der Waals surface area contributed by atoms with E-state index in [-0.39, 0.29) is 5.91 Å². The summed E-state index contributed by atoms with van der Waals surface area (Å²) < 4.78 is 1.83. The van der Waals surface area contributed by atoms with E-state index >= 15 is 0 Å². The second-order valence-electron chi connectivity index (χ2n) is 8.12. The Morgan fingerprint density at radius 2 is 1.74 bits per heavy atom.